The Hall–Kier alpha value is -2.38. The average Bonchev–Trinajstić information content (AvgIpc) is 3.16. The summed E-state index contributed by atoms with van der Waals surface area (Å²) in [6.07, 6.45) is 5.83. The molecular weight excluding hydrogens is 399 g/mol. The van der Waals surface area contributed by atoms with Gasteiger partial charge in [-0.25, -0.2) is 9.97 Å². The molecule has 0 unspecified atom stereocenters. The summed E-state index contributed by atoms with van der Waals surface area (Å²) in [4.78, 5) is 17.7. The maximum Gasteiger partial charge on any atom is 0.324 e. The molecule has 2 saturated heterocycles. The molecule has 4 heterocycles. The van der Waals surface area contributed by atoms with Gasteiger partial charge in [0.1, 0.15) is 0 Å². The average molecular weight is 417 g/mol. The number of rotatable bonds is 3. The van der Waals surface area contributed by atoms with Crippen molar-refractivity contribution in [1.82, 2.24) is 20.1 Å². The van der Waals surface area contributed by atoms with E-state index in [0.29, 0.717) is 21.9 Å². The standard InChI is InChI=1S/C19H18Cl2N6O/c20-14-7-13(8-15(21)9-14)16-24-18(28-25-16)26-6-1-3-19(10-26)11-27(12-19)17-22-4-2-5-23-17/h2,4-5,7-9H,1,3,6,10-12H2. The van der Waals surface area contributed by atoms with E-state index in [9.17, 15) is 0 Å². The second-order valence-corrected chi connectivity index (χ2v) is 8.36. The van der Waals surface area contributed by atoms with E-state index in [1.165, 1.54) is 6.42 Å². The number of benzene rings is 1. The summed E-state index contributed by atoms with van der Waals surface area (Å²) in [6.45, 7) is 3.67. The van der Waals surface area contributed by atoms with Crippen LogP contribution in [0.25, 0.3) is 11.4 Å². The minimum absolute atomic E-state index is 0.214. The van der Waals surface area contributed by atoms with E-state index in [-0.39, 0.29) is 5.41 Å². The summed E-state index contributed by atoms with van der Waals surface area (Å²) in [6, 6.07) is 7.62. The first kappa shape index (κ1) is 17.7. The summed E-state index contributed by atoms with van der Waals surface area (Å²) in [5, 5.41) is 5.21. The van der Waals surface area contributed by atoms with Gasteiger partial charge in [0.05, 0.1) is 0 Å². The quantitative estimate of drug-likeness (QED) is 0.639. The van der Waals surface area contributed by atoms with Crippen LogP contribution in [0.1, 0.15) is 12.8 Å². The van der Waals surface area contributed by atoms with E-state index in [1.807, 2.05) is 6.07 Å². The second kappa shape index (κ2) is 6.90. The van der Waals surface area contributed by atoms with Crippen LogP contribution in [-0.4, -0.2) is 46.3 Å². The normalized spacial score (nSPS) is 18.4. The van der Waals surface area contributed by atoms with Gasteiger partial charge in [0.15, 0.2) is 0 Å². The van der Waals surface area contributed by atoms with Gasteiger partial charge in [-0.2, -0.15) is 4.98 Å². The molecule has 1 aromatic carbocycles. The maximum absolute atomic E-state index is 6.09. The van der Waals surface area contributed by atoms with Crippen molar-refractivity contribution in [2.75, 3.05) is 36.0 Å². The van der Waals surface area contributed by atoms with Crippen LogP contribution in [0.2, 0.25) is 10.0 Å². The zero-order valence-corrected chi connectivity index (χ0v) is 16.6. The van der Waals surface area contributed by atoms with Crippen LogP contribution in [0.5, 0.6) is 0 Å². The van der Waals surface area contributed by atoms with Crippen LogP contribution in [0.4, 0.5) is 12.0 Å². The number of anilines is 2. The summed E-state index contributed by atoms with van der Waals surface area (Å²) >= 11 is 12.2. The highest BCUT2D eigenvalue weighted by Crippen LogP contribution is 2.41. The van der Waals surface area contributed by atoms with Crippen molar-refractivity contribution in [2.24, 2.45) is 5.41 Å². The molecule has 1 spiro atoms. The number of aromatic nitrogens is 4. The van der Waals surface area contributed by atoms with Gasteiger partial charge in [0.25, 0.3) is 0 Å². The van der Waals surface area contributed by atoms with Gasteiger partial charge in [-0.3, -0.25) is 0 Å². The number of halogens is 2. The van der Waals surface area contributed by atoms with E-state index in [2.05, 4.69) is 29.9 Å². The number of nitrogens with zero attached hydrogens (tertiary/aromatic N) is 6. The van der Waals surface area contributed by atoms with Gasteiger partial charge in [0.2, 0.25) is 11.8 Å². The minimum Gasteiger partial charge on any atom is -0.339 e. The molecule has 144 valence electrons. The lowest BCUT2D eigenvalue weighted by atomic mass is 9.73. The zero-order chi connectivity index (χ0) is 19.1. The van der Waals surface area contributed by atoms with Gasteiger partial charge in [0, 0.05) is 59.6 Å². The molecule has 2 aliphatic heterocycles. The van der Waals surface area contributed by atoms with Crippen molar-refractivity contribution in [3.05, 3.63) is 46.7 Å². The Kier molecular flexibility index (Phi) is 4.36. The molecule has 2 aromatic heterocycles. The van der Waals surface area contributed by atoms with E-state index < -0.39 is 0 Å². The fourth-order valence-corrected chi connectivity index (χ4v) is 4.66. The Morgan fingerprint density at radius 3 is 2.43 bits per heavy atom. The van der Waals surface area contributed by atoms with Gasteiger partial charge >= 0.3 is 6.01 Å². The Morgan fingerprint density at radius 2 is 1.68 bits per heavy atom. The van der Waals surface area contributed by atoms with Crippen LogP contribution < -0.4 is 9.80 Å². The highest BCUT2D eigenvalue weighted by Gasteiger charge is 2.47. The molecule has 2 aliphatic rings. The van der Waals surface area contributed by atoms with Crippen molar-refractivity contribution in [3.8, 4) is 11.4 Å². The molecule has 0 atom stereocenters. The fourth-order valence-electron chi connectivity index (χ4n) is 4.13. The zero-order valence-electron chi connectivity index (χ0n) is 15.1. The summed E-state index contributed by atoms with van der Waals surface area (Å²) in [7, 11) is 0. The third-order valence-corrected chi connectivity index (χ3v) is 5.79. The number of piperidine rings is 1. The fraction of sp³-hybridized carbons (Fsp3) is 0.368. The van der Waals surface area contributed by atoms with Crippen molar-refractivity contribution < 1.29 is 4.52 Å². The van der Waals surface area contributed by atoms with Crippen LogP contribution in [0.3, 0.4) is 0 Å². The predicted molar refractivity (Wildman–Crippen MR) is 108 cm³/mol. The Bertz CT molecular complexity index is 969. The van der Waals surface area contributed by atoms with Crippen molar-refractivity contribution in [3.63, 3.8) is 0 Å². The minimum atomic E-state index is 0.214. The lowest BCUT2D eigenvalue weighted by Crippen LogP contribution is -2.63. The van der Waals surface area contributed by atoms with Gasteiger partial charge in [-0.05, 0) is 37.1 Å². The molecule has 7 nitrogen and oxygen atoms in total. The van der Waals surface area contributed by atoms with Gasteiger partial charge < -0.3 is 14.3 Å². The van der Waals surface area contributed by atoms with Crippen LogP contribution >= 0.6 is 23.2 Å². The summed E-state index contributed by atoms with van der Waals surface area (Å²) in [5.74, 6) is 1.29. The molecule has 0 N–H and O–H groups in total. The molecule has 0 saturated carbocycles. The molecule has 28 heavy (non-hydrogen) atoms. The number of hydrogen-bond acceptors (Lipinski definition) is 7. The lowest BCUT2D eigenvalue weighted by molar-refractivity contribution is 0.167. The van der Waals surface area contributed by atoms with E-state index >= 15 is 0 Å². The van der Waals surface area contributed by atoms with Crippen LogP contribution in [0, 0.1) is 5.41 Å². The molecule has 3 aromatic rings. The summed E-state index contributed by atoms with van der Waals surface area (Å²) < 4.78 is 5.55. The first-order valence-corrected chi connectivity index (χ1v) is 9.93. The topological polar surface area (TPSA) is 71.2 Å². The molecular formula is C19H18Cl2N6O. The lowest BCUT2D eigenvalue weighted by Gasteiger charge is -2.54. The molecule has 5 rings (SSSR count). The highest BCUT2D eigenvalue weighted by atomic mass is 35.5. The first-order valence-electron chi connectivity index (χ1n) is 9.17. The third-order valence-electron chi connectivity index (χ3n) is 5.36. The number of hydrogen-bond donors (Lipinski definition) is 0. The van der Waals surface area contributed by atoms with E-state index in [0.717, 1.165) is 44.1 Å². The molecule has 0 bridgehead atoms. The van der Waals surface area contributed by atoms with Crippen LogP contribution in [0.15, 0.2) is 41.2 Å². The molecule has 0 aliphatic carbocycles. The van der Waals surface area contributed by atoms with E-state index in [4.69, 9.17) is 27.7 Å². The molecule has 0 amide bonds. The largest absolute Gasteiger partial charge is 0.339 e. The monoisotopic (exact) mass is 416 g/mol. The predicted octanol–water partition coefficient (Wildman–Crippen LogP) is 3.94. The van der Waals surface area contributed by atoms with Gasteiger partial charge in [-0.15, -0.1) is 0 Å². The van der Waals surface area contributed by atoms with Crippen molar-refractivity contribution >= 4 is 35.2 Å². The van der Waals surface area contributed by atoms with Crippen molar-refractivity contribution in [2.45, 2.75) is 12.8 Å². The second-order valence-electron chi connectivity index (χ2n) is 7.49. The maximum atomic E-state index is 6.09. The smallest absolute Gasteiger partial charge is 0.324 e. The first-order chi connectivity index (χ1) is 13.6. The Morgan fingerprint density at radius 1 is 0.964 bits per heavy atom. The SMILES string of the molecule is Clc1cc(Cl)cc(-c2noc(N3CCCC4(CN(c5ncccn5)C4)C3)n2)c1. The Labute approximate surface area is 172 Å². The Balaban J connectivity index is 1.31. The highest BCUT2D eigenvalue weighted by molar-refractivity contribution is 6.35. The van der Waals surface area contributed by atoms with E-state index in [1.54, 1.807) is 30.6 Å². The molecule has 2 fully saturated rings. The third kappa shape index (κ3) is 3.29. The van der Waals surface area contributed by atoms with Crippen LogP contribution in [-0.2, 0) is 0 Å². The molecule has 0 radical (unpaired) electrons. The van der Waals surface area contributed by atoms with Gasteiger partial charge in [-0.1, -0.05) is 28.4 Å². The summed E-state index contributed by atoms with van der Waals surface area (Å²) in [5.41, 5.74) is 0.959. The molecule has 9 heteroatoms. The van der Waals surface area contributed by atoms with Crippen molar-refractivity contribution in [1.29, 1.82) is 0 Å².